The molecule has 2 heteroatoms. The van der Waals surface area contributed by atoms with Crippen LogP contribution in [0.4, 0.5) is 0 Å². The summed E-state index contributed by atoms with van der Waals surface area (Å²) < 4.78 is 0. The van der Waals surface area contributed by atoms with Crippen molar-refractivity contribution in [1.82, 2.24) is 5.32 Å². The molecule has 2 N–H and O–H groups in total. The number of hydrogen-bond acceptors (Lipinski definition) is 1. The summed E-state index contributed by atoms with van der Waals surface area (Å²) >= 11 is 0. The Morgan fingerprint density at radius 2 is 2.00 bits per heavy atom. The van der Waals surface area contributed by atoms with Crippen molar-refractivity contribution in [3.63, 3.8) is 0 Å². The molecular weight excluding hydrogens is 148 g/mol. The standard InChI is InChI=1S/C10H14N2/c1-12-10(11)8-7-9-5-3-2-4-6-9/h2-6H,7-8H2,1H3,(H2,11,12). The van der Waals surface area contributed by atoms with Crippen LogP contribution in [0.25, 0.3) is 0 Å². The molecule has 0 heterocycles. The van der Waals surface area contributed by atoms with Crippen LogP contribution >= 0.6 is 0 Å². The lowest BCUT2D eigenvalue weighted by Crippen LogP contribution is -2.17. The van der Waals surface area contributed by atoms with E-state index in [1.807, 2.05) is 18.2 Å². The molecule has 12 heavy (non-hydrogen) atoms. The normalized spacial score (nSPS) is 9.42. The first kappa shape index (κ1) is 8.78. The van der Waals surface area contributed by atoms with Gasteiger partial charge in [-0.3, -0.25) is 5.41 Å². The van der Waals surface area contributed by atoms with Gasteiger partial charge in [-0.15, -0.1) is 0 Å². The number of aryl methyl sites for hydroxylation is 1. The molecule has 0 aliphatic heterocycles. The zero-order valence-corrected chi connectivity index (χ0v) is 7.30. The van der Waals surface area contributed by atoms with Crippen molar-refractivity contribution in [1.29, 1.82) is 5.41 Å². The third kappa shape index (κ3) is 2.74. The Hall–Kier alpha value is -1.31. The molecule has 0 spiro atoms. The summed E-state index contributed by atoms with van der Waals surface area (Å²) in [4.78, 5) is 0. The highest BCUT2D eigenvalue weighted by Gasteiger charge is 1.94. The Labute approximate surface area is 73.1 Å². The van der Waals surface area contributed by atoms with Crippen molar-refractivity contribution in [2.75, 3.05) is 7.05 Å². The first-order valence-electron chi connectivity index (χ1n) is 4.12. The van der Waals surface area contributed by atoms with E-state index < -0.39 is 0 Å². The van der Waals surface area contributed by atoms with Gasteiger partial charge in [-0.05, 0) is 12.0 Å². The average Bonchev–Trinajstić information content (AvgIpc) is 2.16. The predicted octanol–water partition coefficient (Wildman–Crippen LogP) is 1.82. The second kappa shape index (κ2) is 4.54. The van der Waals surface area contributed by atoms with E-state index in [2.05, 4.69) is 17.4 Å². The lowest BCUT2D eigenvalue weighted by atomic mass is 10.1. The van der Waals surface area contributed by atoms with E-state index >= 15 is 0 Å². The van der Waals surface area contributed by atoms with Crippen LogP contribution in [0.5, 0.6) is 0 Å². The van der Waals surface area contributed by atoms with Gasteiger partial charge < -0.3 is 5.32 Å². The van der Waals surface area contributed by atoms with Crippen LogP contribution in [0.1, 0.15) is 12.0 Å². The highest BCUT2D eigenvalue weighted by Crippen LogP contribution is 2.01. The van der Waals surface area contributed by atoms with Gasteiger partial charge in [0.15, 0.2) is 0 Å². The summed E-state index contributed by atoms with van der Waals surface area (Å²) in [7, 11) is 1.79. The van der Waals surface area contributed by atoms with Gasteiger partial charge in [-0.25, -0.2) is 0 Å². The molecule has 0 fully saturated rings. The lowest BCUT2D eigenvalue weighted by Gasteiger charge is -2.02. The molecule has 0 radical (unpaired) electrons. The molecular formula is C10H14N2. The fourth-order valence-corrected chi connectivity index (χ4v) is 1.04. The molecule has 0 saturated heterocycles. The van der Waals surface area contributed by atoms with E-state index in [4.69, 9.17) is 5.41 Å². The maximum Gasteiger partial charge on any atom is 0.0932 e. The Balaban J connectivity index is 2.38. The maximum absolute atomic E-state index is 7.38. The topological polar surface area (TPSA) is 35.9 Å². The fourth-order valence-electron chi connectivity index (χ4n) is 1.04. The van der Waals surface area contributed by atoms with Gasteiger partial charge in [-0.2, -0.15) is 0 Å². The molecule has 0 aliphatic rings. The van der Waals surface area contributed by atoms with Crippen molar-refractivity contribution in [2.24, 2.45) is 0 Å². The smallest absolute Gasteiger partial charge is 0.0932 e. The Morgan fingerprint density at radius 1 is 1.33 bits per heavy atom. The van der Waals surface area contributed by atoms with Gasteiger partial charge in [0.1, 0.15) is 0 Å². The maximum atomic E-state index is 7.38. The van der Waals surface area contributed by atoms with E-state index in [1.165, 1.54) is 5.56 Å². The molecule has 0 unspecified atom stereocenters. The van der Waals surface area contributed by atoms with Gasteiger partial charge in [0.25, 0.3) is 0 Å². The molecule has 0 bridgehead atoms. The minimum Gasteiger partial charge on any atom is -0.377 e. The number of rotatable bonds is 3. The molecule has 1 aromatic rings. The molecule has 0 aliphatic carbocycles. The Bertz CT molecular complexity index is 241. The van der Waals surface area contributed by atoms with Crippen molar-refractivity contribution < 1.29 is 0 Å². The number of amidine groups is 1. The zero-order valence-electron chi connectivity index (χ0n) is 7.30. The minimum atomic E-state index is 0.596. The van der Waals surface area contributed by atoms with Crippen LogP contribution in [-0.2, 0) is 6.42 Å². The van der Waals surface area contributed by atoms with Gasteiger partial charge in [0.2, 0.25) is 0 Å². The van der Waals surface area contributed by atoms with E-state index in [0.29, 0.717) is 5.84 Å². The zero-order chi connectivity index (χ0) is 8.81. The number of hydrogen-bond donors (Lipinski definition) is 2. The van der Waals surface area contributed by atoms with Gasteiger partial charge in [0, 0.05) is 13.5 Å². The number of nitrogens with one attached hydrogen (secondary N) is 2. The second-order valence-electron chi connectivity index (χ2n) is 2.71. The fraction of sp³-hybridized carbons (Fsp3) is 0.300. The molecule has 0 atom stereocenters. The summed E-state index contributed by atoms with van der Waals surface area (Å²) in [5, 5.41) is 10.2. The minimum absolute atomic E-state index is 0.596. The van der Waals surface area contributed by atoms with Crippen molar-refractivity contribution in [3.8, 4) is 0 Å². The molecule has 2 nitrogen and oxygen atoms in total. The largest absolute Gasteiger partial charge is 0.377 e. The average molecular weight is 162 g/mol. The van der Waals surface area contributed by atoms with Crippen molar-refractivity contribution >= 4 is 5.84 Å². The number of benzene rings is 1. The molecule has 0 aromatic heterocycles. The lowest BCUT2D eigenvalue weighted by molar-refractivity contribution is 0.965. The van der Waals surface area contributed by atoms with E-state index in [0.717, 1.165) is 12.8 Å². The molecule has 0 saturated carbocycles. The SMILES string of the molecule is CNC(=N)CCc1ccccc1. The Morgan fingerprint density at radius 3 is 2.58 bits per heavy atom. The summed E-state index contributed by atoms with van der Waals surface area (Å²) in [6, 6.07) is 10.2. The quantitative estimate of drug-likeness (QED) is 0.516. The van der Waals surface area contributed by atoms with Gasteiger partial charge in [-0.1, -0.05) is 30.3 Å². The van der Waals surface area contributed by atoms with Gasteiger partial charge >= 0.3 is 0 Å². The predicted molar refractivity (Wildman–Crippen MR) is 51.5 cm³/mol. The third-order valence-corrected chi connectivity index (χ3v) is 1.81. The van der Waals surface area contributed by atoms with E-state index in [1.54, 1.807) is 7.05 Å². The third-order valence-electron chi connectivity index (χ3n) is 1.81. The van der Waals surface area contributed by atoms with Crippen LogP contribution in [0.15, 0.2) is 30.3 Å². The summed E-state index contributed by atoms with van der Waals surface area (Å²) in [5.41, 5.74) is 1.29. The second-order valence-corrected chi connectivity index (χ2v) is 2.71. The van der Waals surface area contributed by atoms with Crippen LogP contribution in [0, 0.1) is 5.41 Å². The highest BCUT2D eigenvalue weighted by molar-refractivity contribution is 5.78. The monoisotopic (exact) mass is 162 g/mol. The Kier molecular flexibility index (Phi) is 3.33. The van der Waals surface area contributed by atoms with Crippen LogP contribution in [0.3, 0.4) is 0 Å². The van der Waals surface area contributed by atoms with Crippen molar-refractivity contribution in [3.05, 3.63) is 35.9 Å². The molecule has 0 amide bonds. The molecule has 1 aromatic carbocycles. The van der Waals surface area contributed by atoms with Crippen LogP contribution in [-0.4, -0.2) is 12.9 Å². The summed E-state index contributed by atoms with van der Waals surface area (Å²) in [6.45, 7) is 0. The first-order valence-corrected chi connectivity index (χ1v) is 4.12. The van der Waals surface area contributed by atoms with Crippen molar-refractivity contribution in [2.45, 2.75) is 12.8 Å². The summed E-state index contributed by atoms with van der Waals surface area (Å²) in [5.74, 6) is 0.596. The summed E-state index contributed by atoms with van der Waals surface area (Å²) in [6.07, 6.45) is 1.74. The van der Waals surface area contributed by atoms with Gasteiger partial charge in [0.05, 0.1) is 5.84 Å². The molecule has 1 rings (SSSR count). The van der Waals surface area contributed by atoms with E-state index in [9.17, 15) is 0 Å². The molecule has 64 valence electrons. The first-order chi connectivity index (χ1) is 5.83. The van der Waals surface area contributed by atoms with Crippen LogP contribution in [0.2, 0.25) is 0 Å². The van der Waals surface area contributed by atoms with E-state index in [-0.39, 0.29) is 0 Å². The highest BCUT2D eigenvalue weighted by atomic mass is 14.9. The van der Waals surface area contributed by atoms with Crippen LogP contribution < -0.4 is 5.32 Å².